The van der Waals surface area contributed by atoms with E-state index in [4.69, 9.17) is 15.1 Å². The number of fused-ring (bicyclic) bond motifs is 4. The molecule has 0 saturated heterocycles. The Bertz CT molecular complexity index is 3940. The van der Waals surface area contributed by atoms with Gasteiger partial charge in [-0.15, -0.1) is 0 Å². The molecule has 2 aromatic heterocycles. The van der Waals surface area contributed by atoms with Gasteiger partial charge in [-0.3, -0.25) is 4.57 Å². The monoisotopic (exact) mass is 807 g/mol. The highest BCUT2D eigenvalue weighted by Crippen LogP contribution is 2.52. The maximum atomic E-state index is 17.4. The molecule has 8 aromatic carbocycles. The first-order valence-electron chi connectivity index (χ1n) is 26.7. The van der Waals surface area contributed by atoms with Crippen molar-refractivity contribution >= 4 is 44.6 Å². The minimum atomic E-state index is -3.59. The minimum absolute atomic E-state index is 0.0822. The molecule has 1 aliphatic heterocycles. The normalized spacial score (nSPS) is 16.1. The minimum Gasteiger partial charge on any atom is -0.321 e. The third-order valence-electron chi connectivity index (χ3n) is 10.9. The van der Waals surface area contributed by atoms with Crippen LogP contribution in [0.1, 0.15) is 31.7 Å². The molecule has 0 saturated carbocycles. The van der Waals surface area contributed by atoms with Gasteiger partial charge in [0.1, 0.15) is 12.5 Å². The predicted octanol–water partition coefficient (Wildman–Crippen LogP) is 14.6. The molecule has 0 fully saturated rings. The topological polar surface area (TPSA) is 24.3 Å². The van der Waals surface area contributed by atoms with Gasteiger partial charge < -0.3 is 9.80 Å². The Hall–Kier alpha value is -7.83. The van der Waals surface area contributed by atoms with Gasteiger partial charge in [0.2, 0.25) is 0 Å². The largest absolute Gasteiger partial charge is 0.321 e. The van der Waals surface area contributed by atoms with Crippen LogP contribution in [-0.4, -0.2) is 16.2 Å². The lowest BCUT2D eigenvalue weighted by Crippen LogP contribution is -2.25. The number of alkyl halides is 2. The zero-order chi connectivity index (χ0) is 54.0. The van der Waals surface area contributed by atoms with Crippen molar-refractivity contribution in [2.45, 2.75) is 5.92 Å². The van der Waals surface area contributed by atoms with Crippen LogP contribution in [0.25, 0.3) is 61.0 Å². The van der Waals surface area contributed by atoms with Crippen molar-refractivity contribution in [1.82, 2.24) is 9.55 Å². The van der Waals surface area contributed by atoms with Crippen molar-refractivity contribution in [3.8, 4) is 39.2 Å². The number of pyridine rings is 1. The molecule has 0 atom stereocenters. The first-order valence-corrected chi connectivity index (χ1v) is 19.2. The van der Waals surface area contributed by atoms with Crippen molar-refractivity contribution in [2.75, 3.05) is 16.5 Å². The summed E-state index contributed by atoms with van der Waals surface area (Å²) in [4.78, 5) is 7.83. The lowest BCUT2D eigenvalue weighted by atomic mass is 9.90. The Morgan fingerprint density at radius 1 is 0.492 bits per heavy atom. The predicted molar refractivity (Wildman–Crippen MR) is 246 cm³/mol. The van der Waals surface area contributed by atoms with Gasteiger partial charge in [0.05, 0.1) is 48.7 Å². The maximum absolute atomic E-state index is 17.4. The van der Waals surface area contributed by atoms with E-state index in [0.717, 1.165) is 16.3 Å². The molecular formula is C55H38F2N4. The van der Waals surface area contributed by atoms with Crippen LogP contribution in [0.2, 0.25) is 0 Å². The summed E-state index contributed by atoms with van der Waals surface area (Å²) in [6.07, 6.45) is 1.63. The van der Waals surface area contributed by atoms with E-state index >= 15 is 8.78 Å². The summed E-state index contributed by atoms with van der Waals surface area (Å²) in [6, 6.07) is 21.7. The molecule has 10 aromatic rings. The number of halogens is 2. The number of anilines is 4. The Labute approximate surface area is 373 Å². The molecule has 0 amide bonds. The standard InChI is InChI=1S/C55H38F2N4/c56-55(57,43-30-31-46-45-25-10-11-26-49(45)61(52(46)36-43)53-29-14-15-32-58-53)42-23-16-24-44(35-42)59-37-60(51-28-13-12-27-50(51)59)54-47(39-19-6-2-7-20-39)33-41(38-17-4-1-5-18-38)34-48(54)40-21-8-3-9-22-40/h1-36H,37H2/i1D,2D,3D,4D,5D,6D,7D,8D,9D,17D,18D,19D,20D,21D,22D. The van der Waals surface area contributed by atoms with Crippen LogP contribution in [0, 0.1) is 0 Å². The lowest BCUT2D eigenvalue weighted by Gasteiger charge is -2.28. The Morgan fingerprint density at radius 2 is 1.08 bits per heavy atom. The van der Waals surface area contributed by atoms with Crippen LogP contribution in [0.3, 0.4) is 0 Å². The van der Waals surface area contributed by atoms with Gasteiger partial charge in [-0.1, -0.05) is 151 Å². The van der Waals surface area contributed by atoms with Gasteiger partial charge in [0.15, 0.2) is 0 Å². The molecular weight excluding hydrogens is 755 g/mol. The van der Waals surface area contributed by atoms with Crippen LogP contribution in [-0.2, 0) is 5.92 Å². The second-order valence-corrected chi connectivity index (χ2v) is 14.3. The molecule has 3 heterocycles. The summed E-state index contributed by atoms with van der Waals surface area (Å²) in [7, 11) is 0. The number of rotatable bonds is 8. The molecule has 0 unspecified atom stereocenters. The van der Waals surface area contributed by atoms with Gasteiger partial charge in [-0.25, -0.2) is 4.98 Å². The summed E-state index contributed by atoms with van der Waals surface area (Å²) >= 11 is 0. The summed E-state index contributed by atoms with van der Waals surface area (Å²) in [5.74, 6) is -3.04. The quantitative estimate of drug-likeness (QED) is 0.153. The van der Waals surface area contributed by atoms with E-state index in [-0.39, 0.29) is 45.9 Å². The van der Waals surface area contributed by atoms with Crippen LogP contribution in [0.4, 0.5) is 31.5 Å². The highest BCUT2D eigenvalue weighted by molar-refractivity contribution is 6.09. The van der Waals surface area contributed by atoms with Crippen molar-refractivity contribution in [2.24, 2.45) is 0 Å². The zero-order valence-corrected chi connectivity index (χ0v) is 31.9. The van der Waals surface area contributed by atoms with Gasteiger partial charge in [-0.2, -0.15) is 8.78 Å². The van der Waals surface area contributed by atoms with E-state index in [2.05, 4.69) is 4.98 Å². The fraction of sp³-hybridized carbons (Fsp3) is 0.0364. The molecule has 0 bridgehead atoms. The fourth-order valence-electron chi connectivity index (χ4n) is 8.18. The van der Waals surface area contributed by atoms with E-state index in [1.54, 1.807) is 64.5 Å². The van der Waals surface area contributed by atoms with Crippen LogP contribution in [0.15, 0.2) is 218 Å². The van der Waals surface area contributed by atoms with E-state index in [1.165, 1.54) is 42.5 Å². The summed E-state index contributed by atoms with van der Waals surface area (Å²) in [5, 5.41) is 1.60. The van der Waals surface area contributed by atoms with Gasteiger partial charge in [0, 0.05) is 44.9 Å². The molecule has 1 aliphatic rings. The highest BCUT2D eigenvalue weighted by atomic mass is 19.3. The van der Waals surface area contributed by atoms with Crippen LogP contribution in [0.5, 0.6) is 0 Å². The van der Waals surface area contributed by atoms with Crippen molar-refractivity contribution in [1.29, 1.82) is 0 Å². The molecule has 61 heavy (non-hydrogen) atoms. The smallest absolute Gasteiger partial charge is 0.298 e. The van der Waals surface area contributed by atoms with Crippen LogP contribution < -0.4 is 9.80 Å². The summed E-state index contributed by atoms with van der Waals surface area (Å²) < 4.78 is 169. The second-order valence-electron chi connectivity index (χ2n) is 14.3. The zero-order valence-electron chi connectivity index (χ0n) is 46.9. The molecule has 0 aliphatic carbocycles. The SMILES string of the molecule is [2H]c1c([2H])c([2H])c(-c2cc(-c3c([2H])c([2H])c([2H])c([2H])c3[2H])c(N3CN(c4cccc(C(F)(F)c5ccc6c7ccccc7n(-c7ccccn7)c6c5)c4)c4ccccc43)c(-c3c([2H])c([2H])c([2H])c([2H])c3[2H])c2)c([2H])c1[2H]. The Balaban J connectivity index is 1.14. The maximum Gasteiger partial charge on any atom is 0.298 e. The first-order chi connectivity index (χ1) is 36.2. The van der Waals surface area contributed by atoms with Gasteiger partial charge in [-0.05, 0) is 82.9 Å². The van der Waals surface area contributed by atoms with Crippen LogP contribution >= 0.6 is 0 Å². The number of hydrogen-bond acceptors (Lipinski definition) is 3. The molecule has 6 heteroatoms. The average molecular weight is 808 g/mol. The third-order valence-corrected chi connectivity index (χ3v) is 10.9. The van der Waals surface area contributed by atoms with E-state index < -0.39 is 113 Å². The molecule has 0 radical (unpaired) electrons. The molecule has 11 rings (SSSR count). The number of nitrogens with zero attached hydrogens (tertiary/aromatic N) is 4. The average Bonchev–Trinajstić information content (AvgIpc) is 4.03. The number of hydrogen-bond donors (Lipinski definition) is 0. The molecule has 4 nitrogen and oxygen atoms in total. The van der Waals surface area contributed by atoms with Gasteiger partial charge >= 0.3 is 0 Å². The van der Waals surface area contributed by atoms with Crippen molar-refractivity contribution in [3.63, 3.8) is 0 Å². The molecule has 292 valence electrons. The van der Waals surface area contributed by atoms with Gasteiger partial charge in [0.25, 0.3) is 5.92 Å². The summed E-state index contributed by atoms with van der Waals surface area (Å²) in [5.41, 5.74) is -0.262. The van der Waals surface area contributed by atoms with Crippen molar-refractivity contribution < 1.29 is 29.3 Å². The Morgan fingerprint density at radius 3 is 1.75 bits per heavy atom. The van der Waals surface area contributed by atoms with Crippen molar-refractivity contribution in [3.05, 3.63) is 229 Å². The summed E-state index contributed by atoms with van der Waals surface area (Å²) in [6.45, 7) is -0.268. The van der Waals surface area contributed by atoms with E-state index in [9.17, 15) is 5.48 Å². The first kappa shape index (κ1) is 23.7. The van der Waals surface area contributed by atoms with E-state index in [0.29, 0.717) is 22.7 Å². The molecule has 0 spiro atoms. The Kier molecular flexibility index (Phi) is 5.73. The number of para-hydroxylation sites is 3. The third kappa shape index (κ3) is 6.23. The highest BCUT2D eigenvalue weighted by Gasteiger charge is 2.37. The number of benzene rings is 8. The lowest BCUT2D eigenvalue weighted by molar-refractivity contribution is 0.0430. The fourth-order valence-corrected chi connectivity index (χ4v) is 8.18. The second kappa shape index (κ2) is 14.8. The number of aromatic nitrogens is 2. The molecule has 0 N–H and O–H groups in total. The van der Waals surface area contributed by atoms with E-state index in [1.807, 2.05) is 34.9 Å².